The molecule has 2 aromatic carbocycles. The van der Waals surface area contributed by atoms with Crippen LogP contribution in [0, 0.1) is 0 Å². The largest absolute Gasteiger partial charge is 0.494 e. The Labute approximate surface area is 143 Å². The maximum absolute atomic E-state index is 12.9. The number of aryl methyl sites for hydroxylation is 2. The van der Waals surface area contributed by atoms with Gasteiger partial charge in [0, 0.05) is 11.1 Å². The SMILES string of the molecule is O=C1c2cccc(CCc3ccccc3)c2C(=O)c2c(O)[nH]c(O)c21. The number of ketones is 2. The maximum atomic E-state index is 12.9. The minimum absolute atomic E-state index is 0.151. The number of fused-ring (bicyclic) bond motifs is 2. The van der Waals surface area contributed by atoms with Crippen molar-refractivity contribution in [2.24, 2.45) is 0 Å². The number of aromatic amines is 1. The fourth-order valence-electron chi connectivity index (χ4n) is 3.37. The summed E-state index contributed by atoms with van der Waals surface area (Å²) in [5, 5.41) is 19.7. The molecule has 5 heteroatoms. The molecule has 0 spiro atoms. The number of rotatable bonds is 3. The first-order valence-corrected chi connectivity index (χ1v) is 7.97. The van der Waals surface area contributed by atoms with Crippen LogP contribution in [0.5, 0.6) is 11.8 Å². The Morgan fingerprint density at radius 3 is 2.12 bits per heavy atom. The van der Waals surface area contributed by atoms with Gasteiger partial charge in [-0.3, -0.25) is 14.6 Å². The van der Waals surface area contributed by atoms with Crippen LogP contribution in [-0.4, -0.2) is 26.8 Å². The summed E-state index contributed by atoms with van der Waals surface area (Å²) in [4.78, 5) is 27.8. The minimum atomic E-state index is -0.480. The molecule has 0 bridgehead atoms. The summed E-state index contributed by atoms with van der Waals surface area (Å²) in [5.41, 5.74) is 2.16. The number of carbonyl (C=O) groups is 2. The van der Waals surface area contributed by atoms with E-state index in [4.69, 9.17) is 0 Å². The van der Waals surface area contributed by atoms with Crippen LogP contribution in [0.3, 0.4) is 0 Å². The van der Waals surface area contributed by atoms with Gasteiger partial charge in [0.2, 0.25) is 11.8 Å². The van der Waals surface area contributed by atoms with Crippen LogP contribution >= 0.6 is 0 Å². The van der Waals surface area contributed by atoms with E-state index in [0.29, 0.717) is 12.0 Å². The van der Waals surface area contributed by atoms with E-state index in [0.717, 1.165) is 17.5 Å². The van der Waals surface area contributed by atoms with E-state index in [1.165, 1.54) is 0 Å². The van der Waals surface area contributed by atoms with Crippen LogP contribution in [-0.2, 0) is 12.8 Å². The van der Waals surface area contributed by atoms with Crippen LogP contribution < -0.4 is 0 Å². The molecule has 1 aromatic heterocycles. The number of hydrogen-bond acceptors (Lipinski definition) is 4. The Morgan fingerprint density at radius 1 is 0.720 bits per heavy atom. The highest BCUT2D eigenvalue weighted by Gasteiger charge is 2.37. The molecule has 0 aliphatic heterocycles. The smallest absolute Gasteiger partial charge is 0.203 e. The van der Waals surface area contributed by atoms with Gasteiger partial charge < -0.3 is 10.2 Å². The summed E-state index contributed by atoms with van der Waals surface area (Å²) in [5.74, 6) is -1.86. The van der Waals surface area contributed by atoms with Gasteiger partial charge in [0.1, 0.15) is 0 Å². The van der Waals surface area contributed by atoms with Gasteiger partial charge in [-0.15, -0.1) is 0 Å². The number of carbonyl (C=O) groups excluding carboxylic acids is 2. The van der Waals surface area contributed by atoms with Crippen molar-refractivity contribution in [3.05, 3.63) is 81.9 Å². The first kappa shape index (κ1) is 15.2. The zero-order valence-electron chi connectivity index (χ0n) is 13.2. The van der Waals surface area contributed by atoms with E-state index in [-0.39, 0.29) is 16.7 Å². The van der Waals surface area contributed by atoms with Gasteiger partial charge in [0.05, 0.1) is 11.1 Å². The third-order valence-corrected chi connectivity index (χ3v) is 4.56. The number of benzene rings is 2. The van der Waals surface area contributed by atoms with Crippen molar-refractivity contribution in [1.82, 2.24) is 4.98 Å². The van der Waals surface area contributed by atoms with E-state index >= 15 is 0 Å². The molecule has 1 aliphatic carbocycles. The molecule has 124 valence electrons. The average Bonchev–Trinajstić information content (AvgIpc) is 2.93. The molecule has 0 unspecified atom stereocenters. The topological polar surface area (TPSA) is 90.4 Å². The van der Waals surface area contributed by atoms with Crippen molar-refractivity contribution in [2.75, 3.05) is 0 Å². The molecule has 3 N–H and O–H groups in total. The number of H-pyrrole nitrogens is 1. The molecule has 0 saturated carbocycles. The van der Waals surface area contributed by atoms with Crippen molar-refractivity contribution < 1.29 is 19.8 Å². The molecule has 25 heavy (non-hydrogen) atoms. The van der Waals surface area contributed by atoms with Crippen LogP contribution in [0.25, 0.3) is 0 Å². The second-order valence-corrected chi connectivity index (χ2v) is 6.06. The van der Waals surface area contributed by atoms with Crippen molar-refractivity contribution >= 4 is 11.6 Å². The highest BCUT2D eigenvalue weighted by atomic mass is 16.3. The number of aromatic hydroxyl groups is 2. The van der Waals surface area contributed by atoms with E-state index in [1.54, 1.807) is 12.1 Å². The van der Waals surface area contributed by atoms with Crippen molar-refractivity contribution in [3.63, 3.8) is 0 Å². The lowest BCUT2D eigenvalue weighted by Gasteiger charge is -2.18. The molecule has 1 heterocycles. The van der Waals surface area contributed by atoms with Crippen molar-refractivity contribution in [1.29, 1.82) is 0 Å². The van der Waals surface area contributed by atoms with Crippen molar-refractivity contribution in [3.8, 4) is 11.8 Å². The highest BCUT2D eigenvalue weighted by molar-refractivity contribution is 6.30. The van der Waals surface area contributed by atoms with Gasteiger partial charge in [-0.25, -0.2) is 0 Å². The zero-order chi connectivity index (χ0) is 17.6. The summed E-state index contributed by atoms with van der Waals surface area (Å²) < 4.78 is 0. The van der Waals surface area contributed by atoms with Gasteiger partial charge in [0.25, 0.3) is 0 Å². The van der Waals surface area contributed by atoms with Gasteiger partial charge in [0.15, 0.2) is 11.6 Å². The second-order valence-electron chi connectivity index (χ2n) is 6.06. The number of hydrogen-bond donors (Lipinski definition) is 3. The molecule has 0 fully saturated rings. The standard InChI is InChI=1S/C20H15NO4/c22-17-13-8-4-7-12(10-9-11-5-2-1-3-6-11)14(13)18(23)16-15(17)19(24)21-20(16)25/h1-8,21,24-25H,9-10H2. The maximum Gasteiger partial charge on any atom is 0.203 e. The minimum Gasteiger partial charge on any atom is -0.494 e. The molecule has 1 aliphatic rings. The van der Waals surface area contributed by atoms with Crippen LogP contribution in [0.1, 0.15) is 43.0 Å². The normalized spacial score (nSPS) is 12.8. The van der Waals surface area contributed by atoms with E-state index < -0.39 is 23.3 Å². The fraction of sp³-hybridized carbons (Fsp3) is 0.100. The first-order valence-electron chi connectivity index (χ1n) is 7.97. The highest BCUT2D eigenvalue weighted by Crippen LogP contribution is 2.38. The molecule has 3 aromatic rings. The first-order chi connectivity index (χ1) is 12.1. The predicted octanol–water partition coefficient (Wildman–Crippen LogP) is 2.99. The third-order valence-electron chi connectivity index (χ3n) is 4.56. The van der Waals surface area contributed by atoms with Gasteiger partial charge in [-0.2, -0.15) is 0 Å². The van der Waals surface area contributed by atoms with Crippen LogP contribution in [0.2, 0.25) is 0 Å². The summed E-state index contributed by atoms with van der Waals surface area (Å²) in [6.07, 6.45) is 1.33. The molecule has 4 rings (SSSR count). The van der Waals surface area contributed by atoms with E-state index in [2.05, 4.69) is 4.98 Å². The summed E-state index contributed by atoms with van der Waals surface area (Å²) >= 11 is 0. The Balaban J connectivity index is 1.77. The monoisotopic (exact) mass is 333 g/mol. The van der Waals surface area contributed by atoms with Gasteiger partial charge in [-0.05, 0) is 24.0 Å². The second kappa shape index (κ2) is 5.63. The summed E-state index contributed by atoms with van der Waals surface area (Å²) in [7, 11) is 0. The van der Waals surface area contributed by atoms with E-state index in [1.807, 2.05) is 36.4 Å². The molecular weight excluding hydrogens is 318 g/mol. The lowest BCUT2D eigenvalue weighted by Crippen LogP contribution is -2.21. The Hall–Kier alpha value is -3.34. The molecule has 0 radical (unpaired) electrons. The average molecular weight is 333 g/mol. The molecular formula is C20H15NO4. The summed E-state index contributed by atoms with van der Waals surface area (Å²) in [6.45, 7) is 0. The number of nitrogens with one attached hydrogen (secondary N) is 1. The number of aromatic nitrogens is 1. The van der Waals surface area contributed by atoms with Gasteiger partial charge >= 0.3 is 0 Å². The molecule has 0 amide bonds. The van der Waals surface area contributed by atoms with Crippen LogP contribution in [0.4, 0.5) is 0 Å². The quantitative estimate of drug-likeness (QED) is 0.537. The van der Waals surface area contributed by atoms with Gasteiger partial charge in [-0.1, -0.05) is 48.5 Å². The lowest BCUT2D eigenvalue weighted by atomic mass is 9.82. The predicted molar refractivity (Wildman–Crippen MR) is 91.3 cm³/mol. The van der Waals surface area contributed by atoms with Crippen LogP contribution in [0.15, 0.2) is 48.5 Å². The lowest BCUT2D eigenvalue weighted by molar-refractivity contribution is 0.0975. The van der Waals surface area contributed by atoms with Crippen molar-refractivity contribution in [2.45, 2.75) is 12.8 Å². The zero-order valence-corrected chi connectivity index (χ0v) is 13.2. The Morgan fingerprint density at radius 2 is 1.40 bits per heavy atom. The summed E-state index contributed by atoms with van der Waals surface area (Å²) in [6, 6.07) is 15.0. The fourth-order valence-corrected chi connectivity index (χ4v) is 3.37. The van der Waals surface area contributed by atoms with E-state index in [9.17, 15) is 19.8 Å². The Bertz CT molecular complexity index is 1000. The molecule has 0 atom stereocenters. The third kappa shape index (κ3) is 2.32. The Kier molecular flexibility index (Phi) is 3.42. The molecule has 0 saturated heterocycles. The molecule has 5 nitrogen and oxygen atoms in total.